The Balaban J connectivity index is 1.54. The number of aromatic nitrogens is 3. The molecule has 1 aliphatic carbocycles. The van der Waals surface area contributed by atoms with Crippen molar-refractivity contribution < 1.29 is 9.59 Å². The molecule has 7 nitrogen and oxygen atoms in total. The number of nitrogens with one attached hydrogen (secondary N) is 1. The molecule has 198 valence electrons. The van der Waals surface area contributed by atoms with E-state index in [1.54, 1.807) is 9.58 Å². The quantitative estimate of drug-likeness (QED) is 0.308. The van der Waals surface area contributed by atoms with E-state index in [1.165, 1.54) is 49.0 Å². The molecule has 38 heavy (non-hydrogen) atoms. The van der Waals surface area contributed by atoms with Crippen molar-refractivity contribution in [3.63, 3.8) is 0 Å². The molecule has 1 saturated carbocycles. The van der Waals surface area contributed by atoms with Crippen LogP contribution >= 0.6 is 11.3 Å². The topological polar surface area (TPSA) is 80.1 Å². The summed E-state index contributed by atoms with van der Waals surface area (Å²) in [5, 5.41) is 13.5. The molecule has 2 aromatic heterocycles. The molecule has 2 aromatic carbocycles. The highest BCUT2D eigenvalue weighted by atomic mass is 32.1. The van der Waals surface area contributed by atoms with Gasteiger partial charge in [0.25, 0.3) is 0 Å². The summed E-state index contributed by atoms with van der Waals surface area (Å²) in [6.07, 6.45) is 6.23. The van der Waals surface area contributed by atoms with Gasteiger partial charge >= 0.3 is 0 Å². The Morgan fingerprint density at radius 3 is 2.45 bits per heavy atom. The highest BCUT2D eigenvalue weighted by Gasteiger charge is 2.35. The van der Waals surface area contributed by atoms with E-state index >= 15 is 0 Å². The first-order valence-electron chi connectivity index (χ1n) is 13.4. The summed E-state index contributed by atoms with van der Waals surface area (Å²) >= 11 is 1.47. The highest BCUT2D eigenvalue weighted by Crippen LogP contribution is 2.36. The van der Waals surface area contributed by atoms with E-state index in [4.69, 9.17) is 0 Å². The van der Waals surface area contributed by atoms with Crippen LogP contribution in [0.25, 0.3) is 11.0 Å². The number of rotatable bonds is 7. The number of para-hydroxylation sites is 1. The Morgan fingerprint density at radius 2 is 1.76 bits per heavy atom. The molecule has 1 aliphatic rings. The van der Waals surface area contributed by atoms with Crippen LogP contribution in [0.15, 0.2) is 66.0 Å². The van der Waals surface area contributed by atoms with Crippen molar-refractivity contribution in [1.29, 1.82) is 0 Å². The van der Waals surface area contributed by atoms with E-state index in [-0.39, 0.29) is 18.4 Å². The van der Waals surface area contributed by atoms with E-state index in [0.717, 1.165) is 15.9 Å². The smallest absolute Gasteiger partial charge is 0.249 e. The van der Waals surface area contributed by atoms with Gasteiger partial charge in [0, 0.05) is 16.1 Å². The molecule has 0 bridgehead atoms. The molecule has 1 atom stereocenters. The molecule has 5 rings (SSSR count). The molecule has 8 heteroatoms. The third kappa shape index (κ3) is 5.80. The molecular formula is C30H35N5O2S. The van der Waals surface area contributed by atoms with Gasteiger partial charge in [0.05, 0.1) is 5.52 Å². The molecule has 0 unspecified atom stereocenters. The van der Waals surface area contributed by atoms with Crippen LogP contribution in [0.3, 0.4) is 0 Å². The highest BCUT2D eigenvalue weighted by molar-refractivity contribution is 7.10. The van der Waals surface area contributed by atoms with Crippen LogP contribution in [0.4, 0.5) is 5.69 Å². The third-order valence-electron chi connectivity index (χ3n) is 7.04. The lowest BCUT2D eigenvalue weighted by Crippen LogP contribution is -2.50. The molecule has 0 saturated heterocycles. The molecule has 2 heterocycles. The Kier molecular flexibility index (Phi) is 7.61. The molecule has 0 aliphatic heterocycles. The SMILES string of the molecule is CC(C)(C)NC(=O)[C@@H](c1cccs1)N(C(=O)Cn1nnc2ccccc21)c1ccc(C2CCCCC2)cc1. The summed E-state index contributed by atoms with van der Waals surface area (Å²) in [5.41, 5.74) is 3.05. The predicted octanol–water partition coefficient (Wildman–Crippen LogP) is 6.23. The Hall–Kier alpha value is -3.52. The lowest BCUT2D eigenvalue weighted by Gasteiger charge is -2.33. The zero-order valence-electron chi connectivity index (χ0n) is 22.3. The van der Waals surface area contributed by atoms with Gasteiger partial charge in [-0.1, -0.05) is 54.8 Å². The first kappa shape index (κ1) is 26.1. The number of hydrogen-bond donors (Lipinski definition) is 1. The van der Waals surface area contributed by atoms with E-state index < -0.39 is 11.6 Å². The molecule has 1 fully saturated rings. The summed E-state index contributed by atoms with van der Waals surface area (Å²) in [6, 6.07) is 18.8. The minimum absolute atomic E-state index is 0.0322. The second-order valence-corrected chi connectivity index (χ2v) is 12.1. The summed E-state index contributed by atoms with van der Waals surface area (Å²) in [7, 11) is 0. The first-order chi connectivity index (χ1) is 18.3. The Morgan fingerprint density at radius 1 is 1.03 bits per heavy atom. The second-order valence-electron chi connectivity index (χ2n) is 11.1. The molecule has 0 spiro atoms. The Labute approximate surface area is 227 Å². The fraction of sp³-hybridized carbons (Fsp3) is 0.400. The van der Waals surface area contributed by atoms with Crippen LogP contribution < -0.4 is 10.2 Å². The summed E-state index contributed by atoms with van der Waals surface area (Å²) in [5.74, 6) is 0.113. The monoisotopic (exact) mass is 529 g/mol. The second kappa shape index (κ2) is 11.1. The van der Waals surface area contributed by atoms with Gasteiger partial charge in [-0.05, 0) is 80.8 Å². The van der Waals surface area contributed by atoms with E-state index in [2.05, 4.69) is 27.8 Å². The first-order valence-corrected chi connectivity index (χ1v) is 14.2. The number of carbonyl (C=O) groups is 2. The van der Waals surface area contributed by atoms with E-state index in [9.17, 15) is 9.59 Å². The maximum absolute atomic E-state index is 14.1. The Bertz CT molecular complexity index is 1380. The minimum atomic E-state index is -0.808. The summed E-state index contributed by atoms with van der Waals surface area (Å²) in [4.78, 5) is 30.3. The number of hydrogen-bond acceptors (Lipinski definition) is 5. The maximum atomic E-state index is 14.1. The van der Waals surface area contributed by atoms with Crippen molar-refractivity contribution in [2.45, 2.75) is 76.9 Å². The van der Waals surface area contributed by atoms with Crippen LogP contribution in [-0.4, -0.2) is 32.3 Å². The third-order valence-corrected chi connectivity index (χ3v) is 7.96. The number of thiophene rings is 1. The summed E-state index contributed by atoms with van der Waals surface area (Å²) < 4.78 is 1.61. The van der Waals surface area contributed by atoms with Gasteiger partial charge in [-0.25, -0.2) is 4.68 Å². The normalized spacial score (nSPS) is 15.3. The van der Waals surface area contributed by atoms with Crippen molar-refractivity contribution in [3.05, 3.63) is 76.5 Å². The van der Waals surface area contributed by atoms with Crippen LogP contribution in [0.2, 0.25) is 0 Å². The number of amides is 2. The van der Waals surface area contributed by atoms with Gasteiger partial charge in [0.15, 0.2) is 0 Å². The maximum Gasteiger partial charge on any atom is 0.249 e. The van der Waals surface area contributed by atoms with E-state index in [1.807, 2.05) is 74.7 Å². The van der Waals surface area contributed by atoms with Crippen molar-refractivity contribution in [2.24, 2.45) is 0 Å². The van der Waals surface area contributed by atoms with Crippen molar-refractivity contribution >= 4 is 39.9 Å². The zero-order valence-corrected chi connectivity index (χ0v) is 23.1. The van der Waals surface area contributed by atoms with Gasteiger partial charge in [-0.3, -0.25) is 14.5 Å². The summed E-state index contributed by atoms with van der Waals surface area (Å²) in [6.45, 7) is 5.81. The molecule has 4 aromatic rings. The minimum Gasteiger partial charge on any atom is -0.349 e. The molecule has 0 radical (unpaired) electrons. The lowest BCUT2D eigenvalue weighted by molar-refractivity contribution is -0.127. The van der Waals surface area contributed by atoms with Gasteiger partial charge in [-0.15, -0.1) is 16.4 Å². The number of nitrogens with zero attached hydrogens (tertiary/aromatic N) is 4. The van der Waals surface area contributed by atoms with Crippen molar-refractivity contribution in [3.8, 4) is 0 Å². The van der Waals surface area contributed by atoms with Gasteiger partial charge in [0.2, 0.25) is 11.8 Å². The van der Waals surface area contributed by atoms with Crippen LogP contribution in [0.5, 0.6) is 0 Å². The number of benzene rings is 2. The number of carbonyl (C=O) groups excluding carboxylic acids is 2. The van der Waals surface area contributed by atoms with Gasteiger partial charge in [-0.2, -0.15) is 0 Å². The lowest BCUT2D eigenvalue weighted by atomic mass is 9.84. The molecular weight excluding hydrogens is 494 g/mol. The van der Waals surface area contributed by atoms with Gasteiger partial charge < -0.3 is 5.32 Å². The molecule has 2 amide bonds. The van der Waals surface area contributed by atoms with Crippen molar-refractivity contribution in [2.75, 3.05) is 4.90 Å². The van der Waals surface area contributed by atoms with Gasteiger partial charge in [0.1, 0.15) is 18.1 Å². The largest absolute Gasteiger partial charge is 0.349 e. The average molecular weight is 530 g/mol. The molecule has 1 N–H and O–H groups in total. The van der Waals surface area contributed by atoms with E-state index in [0.29, 0.717) is 11.6 Å². The average Bonchev–Trinajstić information content (AvgIpc) is 3.57. The van der Waals surface area contributed by atoms with Crippen LogP contribution in [0.1, 0.15) is 75.3 Å². The standard InChI is InChI=1S/C30H35N5O2S/c1-30(2,3)31-29(37)28(26-14-9-19-38-26)35(23-17-15-22(16-18-23)21-10-5-4-6-11-21)27(36)20-34-25-13-8-7-12-24(25)32-33-34/h7-9,12-19,21,28H,4-6,10-11,20H2,1-3H3,(H,31,37)/t28-/m1/s1. The number of fused-ring (bicyclic) bond motifs is 1. The number of anilines is 1. The fourth-order valence-corrected chi connectivity index (χ4v) is 6.09. The zero-order chi connectivity index (χ0) is 26.7. The fourth-order valence-electron chi connectivity index (χ4n) is 5.28. The van der Waals surface area contributed by atoms with Crippen LogP contribution in [-0.2, 0) is 16.1 Å². The van der Waals surface area contributed by atoms with Crippen molar-refractivity contribution in [1.82, 2.24) is 20.3 Å². The van der Waals surface area contributed by atoms with Crippen LogP contribution in [0, 0.1) is 0 Å². The predicted molar refractivity (Wildman–Crippen MR) is 152 cm³/mol.